The van der Waals surface area contributed by atoms with Crippen LogP contribution in [0.3, 0.4) is 0 Å². The van der Waals surface area contributed by atoms with Gasteiger partial charge in [-0.1, -0.05) is 34.1 Å². The number of carbonyl (C=O) groups excluding carboxylic acids is 1. The molecule has 1 N–H and O–H groups in total. The second-order valence-corrected chi connectivity index (χ2v) is 7.50. The fourth-order valence-electron chi connectivity index (χ4n) is 2.65. The SMILES string of the molecule is Cc1c(/C=N\NC(=O)COc2ccc(Br)cc2Br)c2ccccc2n1C. The molecule has 1 heterocycles. The fraction of sp³-hybridized carbons (Fsp3) is 0.158. The van der Waals surface area contributed by atoms with Gasteiger partial charge < -0.3 is 9.30 Å². The van der Waals surface area contributed by atoms with Crippen molar-refractivity contribution in [2.45, 2.75) is 6.92 Å². The van der Waals surface area contributed by atoms with Crippen LogP contribution in [0.5, 0.6) is 5.75 Å². The maximum Gasteiger partial charge on any atom is 0.277 e. The Balaban J connectivity index is 1.64. The van der Waals surface area contributed by atoms with Crippen molar-refractivity contribution in [1.82, 2.24) is 9.99 Å². The van der Waals surface area contributed by atoms with Crippen LogP contribution in [0.1, 0.15) is 11.3 Å². The first-order valence-corrected chi connectivity index (χ1v) is 9.49. The van der Waals surface area contributed by atoms with Gasteiger partial charge in [-0.15, -0.1) is 0 Å². The van der Waals surface area contributed by atoms with E-state index in [0.717, 1.165) is 31.1 Å². The van der Waals surface area contributed by atoms with Crippen molar-refractivity contribution < 1.29 is 9.53 Å². The van der Waals surface area contributed by atoms with Gasteiger partial charge in [-0.2, -0.15) is 5.10 Å². The number of nitrogens with zero attached hydrogens (tertiary/aromatic N) is 2. The van der Waals surface area contributed by atoms with E-state index in [-0.39, 0.29) is 12.5 Å². The van der Waals surface area contributed by atoms with E-state index in [0.29, 0.717) is 5.75 Å². The molecule has 3 aromatic rings. The van der Waals surface area contributed by atoms with Crippen LogP contribution in [0.2, 0.25) is 0 Å². The number of hydrogen-bond acceptors (Lipinski definition) is 3. The Hall–Kier alpha value is -2.12. The molecule has 0 aliphatic heterocycles. The second kappa shape index (κ2) is 8.05. The molecule has 0 fully saturated rings. The maximum absolute atomic E-state index is 12.0. The van der Waals surface area contributed by atoms with Crippen molar-refractivity contribution >= 4 is 54.9 Å². The molecule has 0 saturated carbocycles. The molecule has 1 amide bonds. The highest BCUT2D eigenvalue weighted by Gasteiger charge is 2.10. The number of ether oxygens (including phenoxy) is 1. The lowest BCUT2D eigenvalue weighted by atomic mass is 10.1. The van der Waals surface area contributed by atoms with Gasteiger partial charge in [-0.05, 0) is 47.1 Å². The molecule has 5 nitrogen and oxygen atoms in total. The van der Waals surface area contributed by atoms with E-state index in [4.69, 9.17) is 4.74 Å². The molecule has 2 aromatic carbocycles. The molecule has 134 valence electrons. The van der Waals surface area contributed by atoms with Gasteiger partial charge in [0, 0.05) is 33.7 Å². The number of aryl methyl sites for hydroxylation is 1. The van der Waals surface area contributed by atoms with Crippen LogP contribution in [0.4, 0.5) is 0 Å². The lowest BCUT2D eigenvalue weighted by Gasteiger charge is -2.07. The third-order valence-electron chi connectivity index (χ3n) is 4.08. The summed E-state index contributed by atoms with van der Waals surface area (Å²) in [6, 6.07) is 13.6. The molecule has 1 aromatic heterocycles. The Bertz CT molecular complexity index is 996. The summed E-state index contributed by atoms with van der Waals surface area (Å²) in [6.07, 6.45) is 1.67. The largest absolute Gasteiger partial charge is 0.483 e. The quantitative estimate of drug-likeness (QED) is 0.432. The van der Waals surface area contributed by atoms with Gasteiger partial charge in [0.15, 0.2) is 6.61 Å². The van der Waals surface area contributed by atoms with Crippen molar-refractivity contribution in [1.29, 1.82) is 0 Å². The predicted molar refractivity (Wildman–Crippen MR) is 111 cm³/mol. The normalized spacial score (nSPS) is 11.2. The molecule has 3 rings (SSSR count). The maximum atomic E-state index is 12.0. The molecule has 7 heteroatoms. The van der Waals surface area contributed by atoms with Crippen LogP contribution >= 0.6 is 31.9 Å². The lowest BCUT2D eigenvalue weighted by molar-refractivity contribution is -0.123. The van der Waals surface area contributed by atoms with Gasteiger partial charge in [0.2, 0.25) is 0 Å². The molecule has 0 spiro atoms. The van der Waals surface area contributed by atoms with Gasteiger partial charge in [-0.3, -0.25) is 4.79 Å². The first-order chi connectivity index (χ1) is 12.5. The molecule has 0 bridgehead atoms. The average molecular weight is 479 g/mol. The molecule has 0 atom stereocenters. The Morgan fingerprint density at radius 3 is 2.81 bits per heavy atom. The van der Waals surface area contributed by atoms with E-state index in [9.17, 15) is 4.79 Å². The summed E-state index contributed by atoms with van der Waals surface area (Å²) in [6.45, 7) is 1.91. The number of amides is 1. The van der Waals surface area contributed by atoms with Gasteiger partial charge >= 0.3 is 0 Å². The zero-order valence-corrected chi connectivity index (χ0v) is 17.5. The van der Waals surface area contributed by atoms with E-state index in [1.54, 1.807) is 12.3 Å². The summed E-state index contributed by atoms with van der Waals surface area (Å²) in [4.78, 5) is 12.0. The molecule has 0 aliphatic carbocycles. The highest BCUT2D eigenvalue weighted by Crippen LogP contribution is 2.28. The van der Waals surface area contributed by atoms with E-state index in [2.05, 4.69) is 53.0 Å². The Labute approximate surface area is 168 Å². The summed E-state index contributed by atoms with van der Waals surface area (Å²) >= 11 is 6.77. The molecule has 0 aliphatic rings. The van der Waals surface area contributed by atoms with E-state index in [1.165, 1.54) is 0 Å². The van der Waals surface area contributed by atoms with Crippen LogP contribution in [0.15, 0.2) is 56.5 Å². The van der Waals surface area contributed by atoms with Gasteiger partial charge in [0.25, 0.3) is 5.91 Å². The van der Waals surface area contributed by atoms with Crippen molar-refractivity contribution in [3.8, 4) is 5.75 Å². The van der Waals surface area contributed by atoms with Gasteiger partial charge in [0.05, 0.1) is 10.7 Å². The van der Waals surface area contributed by atoms with Gasteiger partial charge in [0.1, 0.15) is 5.75 Å². The topological polar surface area (TPSA) is 55.6 Å². The van der Waals surface area contributed by atoms with Crippen LogP contribution in [0.25, 0.3) is 10.9 Å². The Morgan fingerprint density at radius 1 is 1.27 bits per heavy atom. The number of hydrogen-bond donors (Lipinski definition) is 1. The third kappa shape index (κ3) is 3.99. The zero-order chi connectivity index (χ0) is 18.7. The zero-order valence-electron chi connectivity index (χ0n) is 14.3. The predicted octanol–water partition coefficient (Wildman–Crippen LogP) is 4.54. The number of para-hydroxylation sites is 1. The first kappa shape index (κ1) is 18.7. The van der Waals surface area contributed by atoms with Crippen molar-refractivity contribution in [2.75, 3.05) is 6.61 Å². The summed E-state index contributed by atoms with van der Waals surface area (Å²) in [5.74, 6) is 0.270. The van der Waals surface area contributed by atoms with Crippen molar-refractivity contribution in [3.63, 3.8) is 0 Å². The standard InChI is InChI=1S/C19H17Br2N3O2/c1-12-15(14-5-3-4-6-17(14)24(12)2)10-22-23-19(25)11-26-18-8-7-13(20)9-16(18)21/h3-10H,11H2,1-2H3,(H,23,25)/b22-10-. The van der Waals surface area contributed by atoms with E-state index >= 15 is 0 Å². The number of carbonyl (C=O) groups is 1. The smallest absolute Gasteiger partial charge is 0.277 e. The number of fused-ring (bicyclic) bond motifs is 1. The minimum atomic E-state index is -0.325. The third-order valence-corrected chi connectivity index (χ3v) is 5.20. The molecular formula is C19H17Br2N3O2. The number of rotatable bonds is 5. The molecule has 0 unspecified atom stereocenters. The van der Waals surface area contributed by atoms with Crippen LogP contribution in [-0.2, 0) is 11.8 Å². The fourth-order valence-corrected chi connectivity index (χ4v) is 3.81. The summed E-state index contributed by atoms with van der Waals surface area (Å²) in [5, 5.41) is 5.18. The molecule has 26 heavy (non-hydrogen) atoms. The number of aromatic nitrogens is 1. The van der Waals surface area contributed by atoms with Crippen LogP contribution in [-0.4, -0.2) is 23.3 Å². The molecule has 0 saturated heterocycles. The monoisotopic (exact) mass is 477 g/mol. The van der Waals surface area contributed by atoms with E-state index < -0.39 is 0 Å². The first-order valence-electron chi connectivity index (χ1n) is 7.91. The van der Waals surface area contributed by atoms with Crippen LogP contribution in [0, 0.1) is 6.92 Å². The Kier molecular flexibility index (Phi) is 5.78. The van der Waals surface area contributed by atoms with E-state index in [1.807, 2.05) is 44.3 Å². The second-order valence-electron chi connectivity index (χ2n) is 5.73. The molecular weight excluding hydrogens is 462 g/mol. The number of nitrogens with one attached hydrogen (secondary N) is 1. The summed E-state index contributed by atoms with van der Waals surface area (Å²) < 4.78 is 9.30. The minimum absolute atomic E-state index is 0.119. The summed E-state index contributed by atoms with van der Waals surface area (Å²) in [5.41, 5.74) is 5.70. The highest BCUT2D eigenvalue weighted by atomic mass is 79.9. The Morgan fingerprint density at radius 2 is 2.04 bits per heavy atom. The van der Waals surface area contributed by atoms with Crippen molar-refractivity contribution in [3.05, 3.63) is 62.7 Å². The number of benzene rings is 2. The highest BCUT2D eigenvalue weighted by molar-refractivity contribution is 9.11. The minimum Gasteiger partial charge on any atom is -0.483 e. The number of hydrazone groups is 1. The van der Waals surface area contributed by atoms with Crippen molar-refractivity contribution in [2.24, 2.45) is 12.1 Å². The summed E-state index contributed by atoms with van der Waals surface area (Å²) in [7, 11) is 2.01. The lowest BCUT2D eigenvalue weighted by Crippen LogP contribution is -2.24. The average Bonchev–Trinajstić information content (AvgIpc) is 2.86. The van der Waals surface area contributed by atoms with Crippen LogP contribution < -0.4 is 10.2 Å². The molecule has 0 radical (unpaired) electrons. The van der Waals surface area contributed by atoms with Gasteiger partial charge in [-0.25, -0.2) is 5.43 Å². The number of halogens is 2.